The molecule has 1 atom stereocenters. The number of hydrogen-bond donors (Lipinski definition) is 1. The van der Waals surface area contributed by atoms with Crippen LogP contribution in [0.15, 0.2) is 78.9 Å². The molecule has 0 aliphatic heterocycles. The largest absolute Gasteiger partial charge is 0.482 e. The average molecular weight is 485 g/mol. The van der Waals surface area contributed by atoms with Crippen molar-refractivity contribution in [2.75, 3.05) is 13.2 Å². The van der Waals surface area contributed by atoms with Crippen molar-refractivity contribution in [3.8, 4) is 5.75 Å². The molecule has 3 aromatic carbocycles. The van der Waals surface area contributed by atoms with Crippen molar-refractivity contribution in [3.05, 3.63) is 100 Å². The summed E-state index contributed by atoms with van der Waals surface area (Å²) in [4.78, 5) is 28.0. The number of ether oxygens (including phenoxy) is 1. The van der Waals surface area contributed by atoms with E-state index in [1.54, 1.807) is 30.3 Å². The molecule has 0 radical (unpaired) electrons. The molecule has 0 fully saturated rings. The van der Waals surface area contributed by atoms with Crippen LogP contribution in [-0.2, 0) is 22.6 Å². The molecule has 0 bridgehead atoms. The second-order valence-corrected chi connectivity index (χ2v) is 8.25. The van der Waals surface area contributed by atoms with Gasteiger partial charge in [-0.05, 0) is 36.2 Å². The highest BCUT2D eigenvalue weighted by molar-refractivity contribution is 6.32. The van der Waals surface area contributed by atoms with Crippen molar-refractivity contribution in [1.82, 2.24) is 10.2 Å². The van der Waals surface area contributed by atoms with Crippen LogP contribution in [0.1, 0.15) is 18.1 Å². The van der Waals surface area contributed by atoms with Gasteiger partial charge in [-0.15, -0.1) is 0 Å². The molecule has 172 valence electrons. The van der Waals surface area contributed by atoms with Crippen LogP contribution in [0.5, 0.6) is 5.75 Å². The van der Waals surface area contributed by atoms with Crippen LogP contribution in [0.3, 0.4) is 0 Å². The lowest BCUT2D eigenvalue weighted by molar-refractivity contribution is -0.142. The number of halogens is 2. The Balaban J connectivity index is 1.91. The van der Waals surface area contributed by atoms with E-state index in [1.807, 2.05) is 55.5 Å². The monoisotopic (exact) mass is 484 g/mol. The minimum atomic E-state index is -0.744. The average Bonchev–Trinajstić information content (AvgIpc) is 2.82. The molecule has 7 heteroatoms. The quantitative estimate of drug-likeness (QED) is 0.432. The van der Waals surface area contributed by atoms with Gasteiger partial charge in [-0.25, -0.2) is 0 Å². The highest BCUT2D eigenvalue weighted by Gasteiger charge is 2.31. The van der Waals surface area contributed by atoms with Gasteiger partial charge in [-0.3, -0.25) is 9.59 Å². The lowest BCUT2D eigenvalue weighted by atomic mass is 10.0. The Labute approximate surface area is 204 Å². The predicted octanol–water partition coefficient (Wildman–Crippen LogP) is 5.15. The van der Waals surface area contributed by atoms with E-state index in [1.165, 1.54) is 4.90 Å². The normalized spacial score (nSPS) is 11.5. The van der Waals surface area contributed by atoms with Crippen LogP contribution in [0.4, 0.5) is 0 Å². The number of hydrogen-bond acceptors (Lipinski definition) is 3. The first-order valence-corrected chi connectivity index (χ1v) is 11.5. The molecule has 0 aliphatic rings. The number of carbonyl (C=O) groups is 2. The van der Waals surface area contributed by atoms with Crippen molar-refractivity contribution in [2.45, 2.75) is 25.9 Å². The van der Waals surface area contributed by atoms with Crippen LogP contribution < -0.4 is 10.1 Å². The van der Waals surface area contributed by atoms with E-state index in [4.69, 9.17) is 27.9 Å². The fraction of sp³-hybridized carbons (Fsp3) is 0.231. The van der Waals surface area contributed by atoms with Gasteiger partial charge < -0.3 is 15.0 Å². The SMILES string of the molecule is CCNC(=O)[C@H](Cc1ccccc1)N(Cc1ccccc1Cl)C(=O)COc1ccccc1Cl. The molecular formula is C26H26Cl2N2O3. The van der Waals surface area contributed by atoms with Gasteiger partial charge in [0.15, 0.2) is 6.61 Å². The van der Waals surface area contributed by atoms with Crippen LogP contribution in [0, 0.1) is 0 Å². The Morgan fingerprint density at radius 1 is 0.909 bits per heavy atom. The van der Waals surface area contributed by atoms with E-state index < -0.39 is 6.04 Å². The molecule has 0 saturated carbocycles. The van der Waals surface area contributed by atoms with Crippen LogP contribution in [-0.4, -0.2) is 35.9 Å². The van der Waals surface area contributed by atoms with Gasteiger partial charge in [0.2, 0.25) is 5.91 Å². The zero-order valence-electron chi connectivity index (χ0n) is 18.3. The molecule has 3 aromatic rings. The third kappa shape index (κ3) is 6.98. The summed E-state index contributed by atoms with van der Waals surface area (Å²) < 4.78 is 5.70. The molecule has 2 amide bonds. The number of rotatable bonds is 10. The standard InChI is InChI=1S/C26H26Cl2N2O3/c1-2-29-26(32)23(16-19-10-4-3-5-11-19)30(17-20-12-6-7-13-21(20)27)25(31)18-33-24-15-9-8-14-22(24)28/h3-15,23H,2,16-18H2,1H3,(H,29,32)/t23-/m0/s1. The van der Waals surface area contributed by atoms with E-state index in [0.29, 0.717) is 28.8 Å². The van der Waals surface area contributed by atoms with E-state index in [9.17, 15) is 9.59 Å². The maximum absolute atomic E-state index is 13.4. The highest BCUT2D eigenvalue weighted by atomic mass is 35.5. The van der Waals surface area contributed by atoms with Crippen LogP contribution in [0.25, 0.3) is 0 Å². The summed E-state index contributed by atoms with van der Waals surface area (Å²) >= 11 is 12.6. The summed E-state index contributed by atoms with van der Waals surface area (Å²) in [6, 6.07) is 23.1. The number of nitrogens with one attached hydrogen (secondary N) is 1. The molecule has 33 heavy (non-hydrogen) atoms. The number of nitrogens with zero attached hydrogens (tertiary/aromatic N) is 1. The van der Waals surface area contributed by atoms with Gasteiger partial charge in [0.1, 0.15) is 11.8 Å². The molecule has 0 spiro atoms. The van der Waals surface area contributed by atoms with Gasteiger partial charge in [0.25, 0.3) is 5.91 Å². The summed E-state index contributed by atoms with van der Waals surface area (Å²) in [7, 11) is 0. The second-order valence-electron chi connectivity index (χ2n) is 7.43. The molecule has 0 heterocycles. The summed E-state index contributed by atoms with van der Waals surface area (Å²) in [6.07, 6.45) is 0.356. The van der Waals surface area contributed by atoms with E-state index >= 15 is 0 Å². The number of amides is 2. The second kappa shape index (κ2) is 12.3. The van der Waals surface area contributed by atoms with Gasteiger partial charge in [-0.1, -0.05) is 83.9 Å². The third-order valence-corrected chi connectivity index (χ3v) is 5.79. The topological polar surface area (TPSA) is 58.6 Å². The molecular weight excluding hydrogens is 459 g/mol. The maximum atomic E-state index is 13.4. The minimum Gasteiger partial charge on any atom is -0.482 e. The van der Waals surface area contributed by atoms with Crippen LogP contribution in [0.2, 0.25) is 10.0 Å². The third-order valence-electron chi connectivity index (χ3n) is 5.11. The fourth-order valence-corrected chi connectivity index (χ4v) is 3.83. The Morgan fingerprint density at radius 3 is 2.21 bits per heavy atom. The predicted molar refractivity (Wildman–Crippen MR) is 132 cm³/mol. The van der Waals surface area contributed by atoms with Crippen molar-refractivity contribution in [1.29, 1.82) is 0 Å². The van der Waals surface area contributed by atoms with Gasteiger partial charge >= 0.3 is 0 Å². The van der Waals surface area contributed by atoms with Crippen LogP contribution >= 0.6 is 23.2 Å². The molecule has 3 rings (SSSR count). The smallest absolute Gasteiger partial charge is 0.261 e. The molecule has 1 N–H and O–H groups in total. The lowest BCUT2D eigenvalue weighted by Crippen LogP contribution is -2.51. The molecule has 0 unspecified atom stereocenters. The first-order valence-electron chi connectivity index (χ1n) is 10.7. The highest BCUT2D eigenvalue weighted by Crippen LogP contribution is 2.24. The first-order chi connectivity index (χ1) is 16.0. The summed E-state index contributed by atoms with van der Waals surface area (Å²) in [6.45, 7) is 2.20. The number of likely N-dealkylation sites (N-methyl/N-ethyl adjacent to an activating group) is 1. The van der Waals surface area contributed by atoms with E-state index in [-0.39, 0.29) is 25.0 Å². The maximum Gasteiger partial charge on any atom is 0.261 e. The number of carbonyl (C=O) groups excluding carboxylic acids is 2. The molecule has 0 aromatic heterocycles. The van der Waals surface area contributed by atoms with Crippen molar-refractivity contribution < 1.29 is 14.3 Å². The number of para-hydroxylation sites is 1. The lowest BCUT2D eigenvalue weighted by Gasteiger charge is -2.31. The zero-order valence-corrected chi connectivity index (χ0v) is 19.9. The van der Waals surface area contributed by atoms with Crippen molar-refractivity contribution in [3.63, 3.8) is 0 Å². The summed E-state index contributed by atoms with van der Waals surface area (Å²) in [5.74, 6) is -0.177. The Morgan fingerprint density at radius 2 is 1.55 bits per heavy atom. The van der Waals surface area contributed by atoms with E-state index in [0.717, 1.165) is 11.1 Å². The van der Waals surface area contributed by atoms with Gasteiger partial charge in [0.05, 0.1) is 5.02 Å². The Hall–Kier alpha value is -3.02. The first kappa shape index (κ1) is 24.6. The van der Waals surface area contributed by atoms with Gasteiger partial charge in [-0.2, -0.15) is 0 Å². The Bertz CT molecular complexity index is 1080. The van der Waals surface area contributed by atoms with Gasteiger partial charge in [0, 0.05) is 24.5 Å². The van der Waals surface area contributed by atoms with Crippen molar-refractivity contribution in [2.24, 2.45) is 0 Å². The Kier molecular flexibility index (Phi) is 9.16. The molecule has 0 aliphatic carbocycles. The molecule has 5 nitrogen and oxygen atoms in total. The van der Waals surface area contributed by atoms with Crippen molar-refractivity contribution >= 4 is 35.0 Å². The summed E-state index contributed by atoms with van der Waals surface area (Å²) in [5.41, 5.74) is 1.69. The van der Waals surface area contributed by atoms with E-state index in [2.05, 4.69) is 5.32 Å². The summed E-state index contributed by atoms with van der Waals surface area (Å²) in [5, 5.41) is 3.79. The zero-order chi connectivity index (χ0) is 23.6. The number of benzene rings is 3. The minimum absolute atomic E-state index is 0.166. The molecule has 0 saturated heterocycles. The fourth-order valence-electron chi connectivity index (χ4n) is 3.44.